The van der Waals surface area contributed by atoms with Gasteiger partial charge in [-0.3, -0.25) is 15.0 Å². The first-order valence-electron chi connectivity index (χ1n) is 8.88. The van der Waals surface area contributed by atoms with Gasteiger partial charge in [-0.1, -0.05) is 30.7 Å². The summed E-state index contributed by atoms with van der Waals surface area (Å²) in [6.07, 6.45) is 2.13. The number of aromatic nitrogens is 5. The van der Waals surface area contributed by atoms with Crippen LogP contribution in [0.1, 0.15) is 12.6 Å². The van der Waals surface area contributed by atoms with E-state index in [0.717, 1.165) is 21.5 Å². The molecule has 0 spiro atoms. The highest BCUT2D eigenvalue weighted by atomic mass is 35.5. The number of halogens is 1. The molecule has 148 valence electrons. The number of fused-ring (bicyclic) bond motifs is 3. The Balaban J connectivity index is 1.90. The maximum absolute atomic E-state index is 12.7. The Morgan fingerprint density at radius 1 is 1.21 bits per heavy atom. The van der Waals surface area contributed by atoms with Gasteiger partial charge in [0.15, 0.2) is 11.2 Å². The number of methoxy groups -OCH3 is 1. The number of carbonyl (C=O) groups excluding carboxylic acids is 1. The largest absolute Gasteiger partial charge is 0.375 e. The van der Waals surface area contributed by atoms with E-state index in [4.69, 9.17) is 16.3 Å². The third-order valence-electron chi connectivity index (χ3n) is 4.44. The minimum atomic E-state index is -0.511. The van der Waals surface area contributed by atoms with Gasteiger partial charge in [0.1, 0.15) is 12.1 Å². The molecule has 1 N–H and O–H groups in total. The number of hydrogen-bond acceptors (Lipinski definition) is 6. The van der Waals surface area contributed by atoms with E-state index in [1.807, 2.05) is 19.1 Å². The van der Waals surface area contributed by atoms with Gasteiger partial charge in [-0.2, -0.15) is 5.10 Å². The SMILES string of the molecule is CCc1nn2c(nnc3c(=O)n(NC(=O)COC)ccc32)c1-c1ccc(Cl)cc1. The zero-order valence-electron chi connectivity index (χ0n) is 15.7. The highest BCUT2D eigenvalue weighted by Crippen LogP contribution is 2.29. The number of nitrogens with zero attached hydrogens (tertiary/aromatic N) is 5. The van der Waals surface area contributed by atoms with E-state index in [0.29, 0.717) is 22.6 Å². The number of carbonyl (C=O) groups is 1. The third kappa shape index (κ3) is 3.34. The molecule has 4 aromatic rings. The predicted octanol–water partition coefficient (Wildman–Crippen LogP) is 2.04. The predicted molar refractivity (Wildman–Crippen MR) is 109 cm³/mol. The summed E-state index contributed by atoms with van der Waals surface area (Å²) < 4.78 is 7.42. The standard InChI is InChI=1S/C19H17ClN6O3/c1-3-13-16(11-4-6-12(20)7-5-11)18-22-21-17-14(26(18)23-13)8-9-25(19(17)28)24-15(27)10-29-2/h4-9H,3,10H2,1-2H3,(H,24,27). The number of pyridine rings is 1. The molecule has 0 fully saturated rings. The van der Waals surface area contributed by atoms with Crippen molar-refractivity contribution in [3.63, 3.8) is 0 Å². The Bertz CT molecular complexity index is 1280. The van der Waals surface area contributed by atoms with E-state index in [9.17, 15) is 9.59 Å². The summed E-state index contributed by atoms with van der Waals surface area (Å²) in [5.74, 6) is -0.458. The monoisotopic (exact) mass is 412 g/mol. The van der Waals surface area contributed by atoms with Gasteiger partial charge in [0.25, 0.3) is 11.5 Å². The lowest BCUT2D eigenvalue weighted by molar-refractivity contribution is -0.120. The summed E-state index contributed by atoms with van der Waals surface area (Å²) in [5.41, 5.74) is 5.63. The second-order valence-corrected chi connectivity index (χ2v) is 6.75. The Morgan fingerprint density at radius 3 is 2.66 bits per heavy atom. The Hall–Kier alpha value is -3.30. The number of ether oxygens (including phenoxy) is 1. The molecular formula is C19H17ClN6O3. The second-order valence-electron chi connectivity index (χ2n) is 6.31. The molecule has 9 nitrogen and oxygen atoms in total. The van der Waals surface area contributed by atoms with E-state index < -0.39 is 11.5 Å². The van der Waals surface area contributed by atoms with Crippen LogP contribution < -0.4 is 11.0 Å². The highest BCUT2D eigenvalue weighted by molar-refractivity contribution is 6.30. The van der Waals surface area contributed by atoms with Gasteiger partial charge in [-0.25, -0.2) is 9.19 Å². The van der Waals surface area contributed by atoms with Gasteiger partial charge in [0, 0.05) is 18.3 Å². The molecule has 0 aliphatic rings. The summed E-state index contributed by atoms with van der Waals surface area (Å²) in [7, 11) is 1.40. The van der Waals surface area contributed by atoms with Crippen LogP contribution in [0.2, 0.25) is 5.02 Å². The average Bonchev–Trinajstić information content (AvgIpc) is 3.10. The Kier molecular flexibility index (Phi) is 4.99. The fourth-order valence-corrected chi connectivity index (χ4v) is 3.26. The van der Waals surface area contributed by atoms with Crippen molar-refractivity contribution in [1.29, 1.82) is 0 Å². The van der Waals surface area contributed by atoms with Crippen molar-refractivity contribution in [3.05, 3.63) is 57.6 Å². The van der Waals surface area contributed by atoms with Gasteiger partial charge in [0.2, 0.25) is 0 Å². The van der Waals surface area contributed by atoms with Crippen molar-refractivity contribution in [2.45, 2.75) is 13.3 Å². The van der Waals surface area contributed by atoms with Crippen LogP contribution in [-0.4, -0.2) is 44.1 Å². The summed E-state index contributed by atoms with van der Waals surface area (Å²) >= 11 is 6.01. The average molecular weight is 413 g/mol. The van der Waals surface area contributed by atoms with Crippen LogP contribution in [0.25, 0.3) is 27.8 Å². The molecular weight excluding hydrogens is 396 g/mol. The van der Waals surface area contributed by atoms with Crippen LogP contribution >= 0.6 is 11.6 Å². The van der Waals surface area contributed by atoms with Crippen molar-refractivity contribution >= 4 is 34.2 Å². The van der Waals surface area contributed by atoms with Gasteiger partial charge in [-0.15, -0.1) is 10.2 Å². The number of aryl methyl sites for hydroxylation is 1. The molecule has 3 aromatic heterocycles. The molecule has 0 atom stereocenters. The van der Waals surface area contributed by atoms with E-state index in [1.165, 1.54) is 13.3 Å². The molecule has 0 bridgehead atoms. The maximum atomic E-state index is 12.7. The van der Waals surface area contributed by atoms with Crippen molar-refractivity contribution < 1.29 is 9.53 Å². The molecule has 3 heterocycles. The highest BCUT2D eigenvalue weighted by Gasteiger charge is 2.19. The lowest BCUT2D eigenvalue weighted by Gasteiger charge is -2.08. The minimum absolute atomic E-state index is 0.0885. The lowest BCUT2D eigenvalue weighted by atomic mass is 10.0. The second kappa shape index (κ2) is 7.61. The lowest BCUT2D eigenvalue weighted by Crippen LogP contribution is -2.35. The molecule has 1 amide bonds. The smallest absolute Gasteiger partial charge is 0.299 e. The minimum Gasteiger partial charge on any atom is -0.375 e. The van der Waals surface area contributed by atoms with Crippen molar-refractivity contribution in [2.75, 3.05) is 19.1 Å². The van der Waals surface area contributed by atoms with Gasteiger partial charge < -0.3 is 4.74 Å². The fourth-order valence-electron chi connectivity index (χ4n) is 3.14. The van der Waals surface area contributed by atoms with Crippen LogP contribution in [0.15, 0.2) is 41.3 Å². The number of nitrogens with one attached hydrogen (secondary N) is 1. The molecule has 0 aliphatic heterocycles. The first-order valence-corrected chi connectivity index (χ1v) is 9.25. The van der Waals surface area contributed by atoms with E-state index in [1.54, 1.807) is 22.7 Å². The fraction of sp³-hybridized carbons (Fsp3) is 0.211. The van der Waals surface area contributed by atoms with Gasteiger partial charge in [-0.05, 0) is 30.2 Å². The Morgan fingerprint density at radius 2 is 1.97 bits per heavy atom. The molecule has 0 saturated heterocycles. The summed E-state index contributed by atoms with van der Waals surface area (Å²) in [6.45, 7) is 1.83. The summed E-state index contributed by atoms with van der Waals surface area (Å²) in [4.78, 5) is 24.5. The number of rotatable bonds is 5. The molecule has 1 aromatic carbocycles. The first-order chi connectivity index (χ1) is 14.0. The maximum Gasteiger partial charge on any atom is 0.299 e. The topological polar surface area (TPSA) is 103 Å². The quantitative estimate of drug-likeness (QED) is 0.538. The molecule has 0 aliphatic carbocycles. The first kappa shape index (κ1) is 19.0. The normalized spacial score (nSPS) is 11.3. The number of benzene rings is 1. The summed E-state index contributed by atoms with van der Waals surface area (Å²) in [6, 6.07) is 9.05. The van der Waals surface area contributed by atoms with E-state index in [-0.39, 0.29) is 12.1 Å². The van der Waals surface area contributed by atoms with Crippen LogP contribution in [0.3, 0.4) is 0 Å². The van der Waals surface area contributed by atoms with Crippen LogP contribution in [0.5, 0.6) is 0 Å². The molecule has 0 unspecified atom stereocenters. The van der Waals surface area contributed by atoms with Gasteiger partial charge >= 0.3 is 0 Å². The molecule has 0 radical (unpaired) electrons. The van der Waals surface area contributed by atoms with Crippen molar-refractivity contribution in [2.24, 2.45) is 0 Å². The van der Waals surface area contributed by atoms with E-state index >= 15 is 0 Å². The molecule has 29 heavy (non-hydrogen) atoms. The van der Waals surface area contributed by atoms with Crippen molar-refractivity contribution in [1.82, 2.24) is 24.5 Å². The third-order valence-corrected chi connectivity index (χ3v) is 4.69. The number of hydrogen-bond donors (Lipinski definition) is 1. The molecule has 10 heteroatoms. The van der Waals surface area contributed by atoms with Crippen molar-refractivity contribution in [3.8, 4) is 11.1 Å². The van der Waals surface area contributed by atoms with Crippen LogP contribution in [0, 0.1) is 0 Å². The van der Waals surface area contributed by atoms with Crippen LogP contribution in [0.4, 0.5) is 0 Å². The van der Waals surface area contributed by atoms with Crippen LogP contribution in [-0.2, 0) is 16.0 Å². The van der Waals surface area contributed by atoms with E-state index in [2.05, 4.69) is 20.7 Å². The Labute approximate surface area is 169 Å². The summed E-state index contributed by atoms with van der Waals surface area (Å²) in [5, 5.41) is 13.7. The zero-order chi connectivity index (χ0) is 20.5. The van der Waals surface area contributed by atoms with Gasteiger partial charge in [0.05, 0.1) is 11.3 Å². The number of amides is 1. The molecule has 0 saturated carbocycles. The molecule has 4 rings (SSSR count). The zero-order valence-corrected chi connectivity index (χ0v) is 16.5.